The Kier molecular flexibility index (Phi) is 8.49. The first kappa shape index (κ1) is 16.4. The molecular formula is C8H12Cl3FN2. The van der Waals surface area contributed by atoms with E-state index in [0.717, 1.165) is 0 Å². The van der Waals surface area contributed by atoms with Crippen molar-refractivity contribution in [1.29, 1.82) is 0 Å². The van der Waals surface area contributed by atoms with Crippen LogP contribution in [0.25, 0.3) is 0 Å². The molecule has 0 amide bonds. The molecule has 6 heteroatoms. The van der Waals surface area contributed by atoms with Gasteiger partial charge in [0.05, 0.1) is 5.02 Å². The highest BCUT2D eigenvalue weighted by Crippen LogP contribution is 2.18. The number of rotatable bonds is 2. The lowest BCUT2D eigenvalue weighted by Crippen LogP contribution is -2.20. The molecule has 1 atom stereocenters. The molecule has 0 bridgehead atoms. The maximum atomic E-state index is 12.8. The summed E-state index contributed by atoms with van der Waals surface area (Å²) in [6.45, 7) is 0.293. The fourth-order valence-electron chi connectivity index (χ4n) is 0.879. The summed E-state index contributed by atoms with van der Waals surface area (Å²) in [6.07, 6.45) is 0. The number of benzene rings is 1. The van der Waals surface area contributed by atoms with Gasteiger partial charge in [-0.25, -0.2) is 4.39 Å². The van der Waals surface area contributed by atoms with Crippen LogP contribution in [0.2, 0.25) is 5.02 Å². The highest BCUT2D eigenvalue weighted by Gasteiger charge is 2.06. The van der Waals surface area contributed by atoms with Gasteiger partial charge in [-0.1, -0.05) is 17.7 Å². The number of hydrogen-bond donors (Lipinski definition) is 2. The Hall–Kier alpha value is -0.0600. The van der Waals surface area contributed by atoms with Gasteiger partial charge in [0.2, 0.25) is 0 Å². The van der Waals surface area contributed by atoms with Crippen LogP contribution in [-0.2, 0) is 0 Å². The van der Waals surface area contributed by atoms with E-state index in [1.807, 2.05) is 0 Å². The van der Waals surface area contributed by atoms with E-state index in [1.165, 1.54) is 12.1 Å². The van der Waals surface area contributed by atoms with Crippen LogP contribution in [-0.4, -0.2) is 6.54 Å². The molecule has 1 aromatic carbocycles. The minimum Gasteiger partial charge on any atom is -0.329 e. The first-order valence-electron chi connectivity index (χ1n) is 3.55. The van der Waals surface area contributed by atoms with E-state index in [9.17, 15) is 4.39 Å². The molecule has 0 aliphatic rings. The molecule has 4 N–H and O–H groups in total. The van der Waals surface area contributed by atoms with Crippen molar-refractivity contribution in [2.45, 2.75) is 6.04 Å². The smallest absolute Gasteiger partial charge is 0.142 e. The van der Waals surface area contributed by atoms with Crippen molar-refractivity contribution in [3.63, 3.8) is 0 Å². The molecule has 0 saturated carbocycles. The van der Waals surface area contributed by atoms with Gasteiger partial charge in [-0.3, -0.25) is 0 Å². The topological polar surface area (TPSA) is 52.0 Å². The van der Waals surface area contributed by atoms with Crippen LogP contribution in [0.3, 0.4) is 0 Å². The van der Waals surface area contributed by atoms with E-state index < -0.39 is 5.82 Å². The predicted octanol–water partition coefficient (Wildman–Crippen LogP) is 2.28. The van der Waals surface area contributed by atoms with Crippen LogP contribution in [0, 0.1) is 5.82 Å². The van der Waals surface area contributed by atoms with Crippen molar-refractivity contribution < 1.29 is 4.39 Å². The summed E-state index contributed by atoms with van der Waals surface area (Å²) in [5.74, 6) is -0.460. The van der Waals surface area contributed by atoms with Crippen molar-refractivity contribution in [1.82, 2.24) is 0 Å². The van der Waals surface area contributed by atoms with E-state index in [1.54, 1.807) is 6.07 Å². The van der Waals surface area contributed by atoms with Crippen LogP contribution >= 0.6 is 36.4 Å². The molecule has 82 valence electrons. The lowest BCUT2D eigenvalue weighted by molar-refractivity contribution is 0.620. The Morgan fingerprint density at radius 1 is 1.36 bits per heavy atom. The SMILES string of the molecule is Cl.Cl.NC[C@H](N)c1ccc(Cl)c(F)c1. The highest BCUT2D eigenvalue weighted by molar-refractivity contribution is 6.30. The zero-order chi connectivity index (χ0) is 9.14. The van der Waals surface area contributed by atoms with Crippen LogP contribution in [0.15, 0.2) is 18.2 Å². The second kappa shape index (κ2) is 7.26. The molecule has 1 rings (SSSR count). The maximum Gasteiger partial charge on any atom is 0.142 e. The Balaban J connectivity index is 0. The lowest BCUT2D eigenvalue weighted by Gasteiger charge is -2.08. The van der Waals surface area contributed by atoms with Gasteiger partial charge in [-0.05, 0) is 17.7 Å². The molecule has 0 heterocycles. The molecular weight excluding hydrogens is 249 g/mol. The fraction of sp³-hybridized carbons (Fsp3) is 0.250. The fourth-order valence-corrected chi connectivity index (χ4v) is 0.997. The maximum absolute atomic E-state index is 12.8. The largest absolute Gasteiger partial charge is 0.329 e. The summed E-state index contributed by atoms with van der Waals surface area (Å²) in [4.78, 5) is 0. The minimum absolute atomic E-state index is 0. The third-order valence-electron chi connectivity index (χ3n) is 1.63. The molecule has 0 aliphatic heterocycles. The van der Waals surface area contributed by atoms with Crippen molar-refractivity contribution in [2.75, 3.05) is 6.54 Å². The average Bonchev–Trinajstić information content (AvgIpc) is 2.08. The van der Waals surface area contributed by atoms with Gasteiger partial charge in [-0.15, -0.1) is 24.8 Å². The highest BCUT2D eigenvalue weighted by atomic mass is 35.5. The molecule has 0 spiro atoms. The summed E-state index contributed by atoms with van der Waals surface area (Å²) in [7, 11) is 0. The third-order valence-corrected chi connectivity index (χ3v) is 1.93. The second-order valence-corrected chi connectivity index (χ2v) is 2.92. The summed E-state index contributed by atoms with van der Waals surface area (Å²) < 4.78 is 12.8. The Morgan fingerprint density at radius 3 is 2.36 bits per heavy atom. The van der Waals surface area contributed by atoms with E-state index in [4.69, 9.17) is 23.1 Å². The number of nitrogens with two attached hydrogens (primary N) is 2. The molecule has 14 heavy (non-hydrogen) atoms. The first-order chi connectivity index (χ1) is 5.65. The molecule has 0 fully saturated rings. The third kappa shape index (κ3) is 3.98. The normalized spacial score (nSPS) is 11.1. The zero-order valence-corrected chi connectivity index (χ0v) is 9.63. The molecule has 0 radical (unpaired) electrons. The van der Waals surface area contributed by atoms with Gasteiger partial charge in [0, 0.05) is 12.6 Å². The van der Waals surface area contributed by atoms with E-state index in [2.05, 4.69) is 0 Å². The first-order valence-corrected chi connectivity index (χ1v) is 3.93. The van der Waals surface area contributed by atoms with Crippen molar-refractivity contribution in [3.8, 4) is 0 Å². The van der Waals surface area contributed by atoms with Gasteiger partial charge in [0.1, 0.15) is 5.82 Å². The van der Waals surface area contributed by atoms with Crippen molar-refractivity contribution in [3.05, 3.63) is 34.6 Å². The number of halogens is 4. The molecule has 0 aliphatic carbocycles. The average molecular weight is 262 g/mol. The Morgan fingerprint density at radius 2 is 1.93 bits per heavy atom. The summed E-state index contributed by atoms with van der Waals surface area (Å²) >= 11 is 5.48. The monoisotopic (exact) mass is 260 g/mol. The number of hydrogen-bond acceptors (Lipinski definition) is 2. The lowest BCUT2D eigenvalue weighted by atomic mass is 10.1. The van der Waals surface area contributed by atoms with E-state index in [0.29, 0.717) is 12.1 Å². The van der Waals surface area contributed by atoms with Crippen LogP contribution in [0.5, 0.6) is 0 Å². The zero-order valence-electron chi connectivity index (χ0n) is 7.24. The molecule has 0 saturated heterocycles. The summed E-state index contributed by atoms with van der Waals surface area (Å²) in [6, 6.07) is 4.13. The van der Waals surface area contributed by atoms with E-state index in [-0.39, 0.29) is 35.9 Å². The Labute approximate surface area is 99.6 Å². The molecule has 2 nitrogen and oxygen atoms in total. The molecule has 0 unspecified atom stereocenters. The van der Waals surface area contributed by atoms with Gasteiger partial charge in [-0.2, -0.15) is 0 Å². The minimum atomic E-state index is -0.460. The van der Waals surface area contributed by atoms with E-state index >= 15 is 0 Å². The van der Waals surface area contributed by atoms with Gasteiger partial charge >= 0.3 is 0 Å². The quantitative estimate of drug-likeness (QED) is 0.858. The van der Waals surface area contributed by atoms with Crippen molar-refractivity contribution in [2.24, 2.45) is 11.5 Å². The van der Waals surface area contributed by atoms with Gasteiger partial charge in [0.25, 0.3) is 0 Å². The summed E-state index contributed by atoms with van der Waals surface area (Å²) in [5.41, 5.74) is 11.6. The molecule has 0 aromatic heterocycles. The standard InChI is InChI=1S/C8H10ClFN2.2ClH/c9-6-2-1-5(3-7(6)10)8(12)4-11;;/h1-3,8H,4,11-12H2;2*1H/t8-;;/m0../s1. The van der Waals surface area contributed by atoms with Crippen LogP contribution in [0.4, 0.5) is 4.39 Å². The molecule has 1 aromatic rings. The van der Waals surface area contributed by atoms with Crippen LogP contribution in [0.1, 0.15) is 11.6 Å². The predicted molar refractivity (Wildman–Crippen MR) is 61.9 cm³/mol. The van der Waals surface area contributed by atoms with Gasteiger partial charge < -0.3 is 11.5 Å². The summed E-state index contributed by atoms with van der Waals surface area (Å²) in [5, 5.41) is 0.1000. The second-order valence-electron chi connectivity index (χ2n) is 2.52. The van der Waals surface area contributed by atoms with Crippen LogP contribution < -0.4 is 11.5 Å². The van der Waals surface area contributed by atoms with Gasteiger partial charge in [0.15, 0.2) is 0 Å². The van der Waals surface area contributed by atoms with Crippen molar-refractivity contribution >= 4 is 36.4 Å². The Bertz CT molecular complexity index is 283.